The van der Waals surface area contributed by atoms with Crippen LogP contribution < -0.4 is 0 Å². The second kappa shape index (κ2) is 5.51. The third-order valence-corrected chi connectivity index (χ3v) is 3.70. The van der Waals surface area contributed by atoms with Crippen molar-refractivity contribution in [1.29, 1.82) is 0 Å². The van der Waals surface area contributed by atoms with Crippen LogP contribution in [0.25, 0.3) is 0 Å². The summed E-state index contributed by atoms with van der Waals surface area (Å²) < 4.78 is 10.3. The Balaban J connectivity index is 2.22. The zero-order valence-electron chi connectivity index (χ0n) is 13.1. The molecule has 4 nitrogen and oxygen atoms in total. The molecule has 1 aliphatic carbocycles. The van der Waals surface area contributed by atoms with Crippen molar-refractivity contribution < 1.29 is 19.1 Å². The third-order valence-electron chi connectivity index (χ3n) is 3.70. The van der Waals surface area contributed by atoms with E-state index in [9.17, 15) is 9.59 Å². The van der Waals surface area contributed by atoms with Gasteiger partial charge in [0.05, 0.1) is 18.9 Å². The van der Waals surface area contributed by atoms with E-state index in [-0.39, 0.29) is 18.4 Å². The lowest BCUT2D eigenvalue weighted by atomic mass is 9.81. The molecule has 0 aliphatic heterocycles. The molecule has 114 valence electrons. The summed E-state index contributed by atoms with van der Waals surface area (Å²) in [4.78, 5) is 24.4. The van der Waals surface area contributed by atoms with Gasteiger partial charge in [0.1, 0.15) is 5.60 Å². The lowest BCUT2D eigenvalue weighted by Gasteiger charge is -2.27. The molecule has 0 radical (unpaired) electrons. The minimum absolute atomic E-state index is 0.0472. The van der Waals surface area contributed by atoms with E-state index in [1.165, 1.54) is 7.11 Å². The van der Waals surface area contributed by atoms with Gasteiger partial charge in [0.25, 0.3) is 0 Å². The second-order valence-electron chi connectivity index (χ2n) is 6.66. The molecule has 1 aromatic rings. The fraction of sp³-hybridized carbons (Fsp3) is 0.529. The van der Waals surface area contributed by atoms with Gasteiger partial charge in [-0.3, -0.25) is 9.59 Å². The first-order valence-electron chi connectivity index (χ1n) is 7.13. The van der Waals surface area contributed by atoms with Crippen LogP contribution in [-0.4, -0.2) is 24.6 Å². The van der Waals surface area contributed by atoms with Crippen LogP contribution in [0.1, 0.15) is 38.3 Å². The van der Waals surface area contributed by atoms with Gasteiger partial charge in [-0.25, -0.2) is 0 Å². The predicted molar refractivity (Wildman–Crippen MR) is 78.8 cm³/mol. The highest BCUT2D eigenvalue weighted by Crippen LogP contribution is 2.41. The Bertz CT molecular complexity index is 529. The van der Waals surface area contributed by atoms with E-state index in [1.54, 1.807) is 0 Å². The zero-order chi connectivity index (χ0) is 15.7. The van der Waals surface area contributed by atoms with Gasteiger partial charge in [-0.05, 0) is 44.7 Å². The SMILES string of the molecule is COC(=O)C1(CC(=O)OC(C)(C)C)Cc2ccccc2C1. The average molecular weight is 290 g/mol. The number of hydrogen-bond acceptors (Lipinski definition) is 4. The maximum atomic E-state index is 12.3. The van der Waals surface area contributed by atoms with E-state index in [2.05, 4.69) is 0 Å². The Morgan fingerprint density at radius 2 is 1.67 bits per heavy atom. The van der Waals surface area contributed by atoms with Crippen molar-refractivity contribution in [3.63, 3.8) is 0 Å². The first kappa shape index (κ1) is 15.5. The average Bonchev–Trinajstić information content (AvgIpc) is 2.74. The van der Waals surface area contributed by atoms with Crippen LogP contribution in [0.15, 0.2) is 24.3 Å². The van der Waals surface area contributed by atoms with Gasteiger partial charge in [0, 0.05) is 0 Å². The van der Waals surface area contributed by atoms with Crippen LogP contribution in [0.5, 0.6) is 0 Å². The van der Waals surface area contributed by atoms with Crippen LogP contribution in [0.4, 0.5) is 0 Å². The quantitative estimate of drug-likeness (QED) is 0.803. The van der Waals surface area contributed by atoms with E-state index in [1.807, 2.05) is 45.0 Å². The van der Waals surface area contributed by atoms with E-state index in [4.69, 9.17) is 9.47 Å². The minimum atomic E-state index is -0.833. The molecule has 2 rings (SSSR count). The predicted octanol–water partition coefficient (Wildman–Crippen LogP) is 2.68. The number of carbonyl (C=O) groups is 2. The highest BCUT2D eigenvalue weighted by Gasteiger charge is 2.47. The summed E-state index contributed by atoms with van der Waals surface area (Å²) in [6.07, 6.45) is 1.09. The smallest absolute Gasteiger partial charge is 0.313 e. The van der Waals surface area contributed by atoms with Crippen molar-refractivity contribution in [2.24, 2.45) is 5.41 Å². The zero-order valence-corrected chi connectivity index (χ0v) is 13.1. The topological polar surface area (TPSA) is 52.6 Å². The summed E-state index contributed by atoms with van der Waals surface area (Å²) in [5.41, 5.74) is 0.818. The lowest BCUT2D eigenvalue weighted by molar-refractivity contribution is -0.166. The number of carbonyl (C=O) groups excluding carboxylic acids is 2. The number of rotatable bonds is 3. The van der Waals surface area contributed by atoms with Gasteiger partial charge in [0.2, 0.25) is 0 Å². The fourth-order valence-electron chi connectivity index (χ4n) is 2.91. The molecule has 0 unspecified atom stereocenters. The first-order chi connectivity index (χ1) is 9.76. The molecule has 1 aliphatic rings. The summed E-state index contributed by atoms with van der Waals surface area (Å²) in [6.45, 7) is 5.46. The van der Waals surface area contributed by atoms with E-state index in [0.717, 1.165) is 11.1 Å². The van der Waals surface area contributed by atoms with Crippen LogP contribution in [0.3, 0.4) is 0 Å². The highest BCUT2D eigenvalue weighted by molar-refractivity contribution is 5.85. The molecular formula is C17H22O4. The molecule has 0 saturated carbocycles. The van der Waals surface area contributed by atoms with E-state index in [0.29, 0.717) is 12.8 Å². The molecule has 0 amide bonds. The van der Waals surface area contributed by atoms with Gasteiger partial charge in [0.15, 0.2) is 0 Å². The van der Waals surface area contributed by atoms with Crippen LogP contribution in [-0.2, 0) is 31.9 Å². The first-order valence-corrected chi connectivity index (χ1v) is 7.13. The minimum Gasteiger partial charge on any atom is -0.469 e. The van der Waals surface area contributed by atoms with Crippen molar-refractivity contribution in [2.45, 2.75) is 45.6 Å². The molecule has 0 saturated heterocycles. The van der Waals surface area contributed by atoms with Gasteiger partial charge in [-0.15, -0.1) is 0 Å². The number of ether oxygens (including phenoxy) is 2. The standard InChI is InChI=1S/C17H22O4/c1-16(2,3)21-14(18)11-17(15(19)20-4)9-12-7-5-6-8-13(12)10-17/h5-8H,9-11H2,1-4H3. The number of esters is 2. The fourth-order valence-corrected chi connectivity index (χ4v) is 2.91. The Morgan fingerprint density at radius 1 is 1.14 bits per heavy atom. The molecule has 1 aromatic carbocycles. The Hall–Kier alpha value is -1.84. The van der Waals surface area contributed by atoms with Gasteiger partial charge in [-0.1, -0.05) is 24.3 Å². The van der Waals surface area contributed by atoms with Gasteiger partial charge in [-0.2, -0.15) is 0 Å². The Morgan fingerprint density at radius 3 is 2.10 bits per heavy atom. The highest BCUT2D eigenvalue weighted by atomic mass is 16.6. The monoisotopic (exact) mass is 290 g/mol. The molecule has 0 heterocycles. The van der Waals surface area contributed by atoms with Gasteiger partial charge < -0.3 is 9.47 Å². The van der Waals surface area contributed by atoms with Crippen LogP contribution >= 0.6 is 0 Å². The molecule has 0 atom stereocenters. The molecule has 0 fully saturated rings. The molecule has 0 bridgehead atoms. The summed E-state index contributed by atoms with van der Waals surface area (Å²) in [7, 11) is 1.36. The molecule has 0 aromatic heterocycles. The van der Waals surface area contributed by atoms with Crippen LogP contribution in [0.2, 0.25) is 0 Å². The molecule has 21 heavy (non-hydrogen) atoms. The van der Waals surface area contributed by atoms with Crippen molar-refractivity contribution in [3.05, 3.63) is 35.4 Å². The summed E-state index contributed by atoms with van der Waals surface area (Å²) in [5.74, 6) is -0.703. The number of fused-ring (bicyclic) bond motifs is 1. The van der Waals surface area contributed by atoms with E-state index < -0.39 is 11.0 Å². The summed E-state index contributed by atoms with van der Waals surface area (Å²) >= 11 is 0. The third kappa shape index (κ3) is 3.43. The van der Waals surface area contributed by atoms with Crippen molar-refractivity contribution >= 4 is 11.9 Å². The summed E-state index contributed by atoms with van der Waals surface area (Å²) in [5, 5.41) is 0. The normalized spacial score (nSPS) is 16.2. The van der Waals surface area contributed by atoms with E-state index >= 15 is 0 Å². The van der Waals surface area contributed by atoms with Crippen molar-refractivity contribution in [2.75, 3.05) is 7.11 Å². The summed E-state index contributed by atoms with van der Waals surface area (Å²) in [6, 6.07) is 7.88. The Kier molecular flexibility index (Phi) is 4.08. The Labute approximate surface area is 125 Å². The molecule has 4 heteroatoms. The van der Waals surface area contributed by atoms with Crippen LogP contribution in [0, 0.1) is 5.41 Å². The molecule has 0 spiro atoms. The maximum Gasteiger partial charge on any atom is 0.313 e. The number of methoxy groups -OCH3 is 1. The lowest BCUT2D eigenvalue weighted by Crippen LogP contribution is -2.37. The van der Waals surface area contributed by atoms with Gasteiger partial charge >= 0.3 is 11.9 Å². The number of benzene rings is 1. The largest absolute Gasteiger partial charge is 0.469 e. The molecule has 0 N–H and O–H groups in total. The number of hydrogen-bond donors (Lipinski definition) is 0. The second-order valence-corrected chi connectivity index (χ2v) is 6.66. The van der Waals surface area contributed by atoms with Crippen molar-refractivity contribution in [3.8, 4) is 0 Å². The van der Waals surface area contributed by atoms with Crippen molar-refractivity contribution in [1.82, 2.24) is 0 Å². The maximum absolute atomic E-state index is 12.3. The molecular weight excluding hydrogens is 268 g/mol.